The Morgan fingerprint density at radius 3 is 2.39 bits per heavy atom. The largest absolute Gasteiger partial charge is 0.317 e. The first-order valence-electron chi connectivity index (χ1n) is 7.73. The Bertz CT molecular complexity index is 244. The second-order valence-electron chi connectivity index (χ2n) is 6.50. The third-order valence-corrected chi connectivity index (χ3v) is 5.28. The Kier molecular flexibility index (Phi) is 5.05. The number of rotatable bonds is 4. The summed E-state index contributed by atoms with van der Waals surface area (Å²) in [5.41, 5.74) is 0. The lowest BCUT2D eigenvalue weighted by molar-refractivity contribution is 0.0562. The molecule has 1 aliphatic carbocycles. The van der Waals surface area contributed by atoms with Gasteiger partial charge in [0.05, 0.1) is 0 Å². The first-order valence-corrected chi connectivity index (χ1v) is 7.73. The molecule has 1 heterocycles. The molecule has 0 aromatic heterocycles. The zero-order valence-electron chi connectivity index (χ0n) is 12.7. The molecule has 4 unspecified atom stereocenters. The summed E-state index contributed by atoms with van der Waals surface area (Å²) in [7, 11) is 4.39. The second kappa shape index (κ2) is 6.36. The molecule has 0 amide bonds. The topological polar surface area (TPSA) is 18.5 Å². The monoisotopic (exact) mass is 253 g/mol. The van der Waals surface area contributed by atoms with Crippen LogP contribution in [0.5, 0.6) is 0 Å². The number of hydrogen-bond donors (Lipinski definition) is 1. The first-order chi connectivity index (χ1) is 8.61. The molecule has 1 saturated heterocycles. The van der Waals surface area contributed by atoms with Gasteiger partial charge in [0.2, 0.25) is 0 Å². The smallest absolute Gasteiger partial charge is 0.0195 e. The third kappa shape index (κ3) is 3.25. The molecule has 1 aliphatic heterocycles. The minimum atomic E-state index is 0.706. The van der Waals surface area contributed by atoms with E-state index in [1.165, 1.54) is 45.3 Å². The van der Waals surface area contributed by atoms with E-state index in [2.05, 4.69) is 43.1 Å². The SMILES string of the molecule is CNC1CCCC1CCN1CC(C)N(C)C(C)C1. The quantitative estimate of drug-likeness (QED) is 0.824. The van der Waals surface area contributed by atoms with Crippen LogP contribution in [0.15, 0.2) is 0 Å². The number of hydrogen-bond acceptors (Lipinski definition) is 3. The summed E-state index contributed by atoms with van der Waals surface area (Å²) in [6.07, 6.45) is 5.63. The van der Waals surface area contributed by atoms with Gasteiger partial charge in [0.1, 0.15) is 0 Å². The van der Waals surface area contributed by atoms with Gasteiger partial charge in [-0.2, -0.15) is 0 Å². The third-order valence-electron chi connectivity index (χ3n) is 5.28. The van der Waals surface area contributed by atoms with Crippen molar-refractivity contribution < 1.29 is 0 Å². The van der Waals surface area contributed by atoms with Gasteiger partial charge in [0, 0.05) is 31.2 Å². The average Bonchev–Trinajstić information content (AvgIpc) is 2.80. The van der Waals surface area contributed by atoms with Gasteiger partial charge in [-0.15, -0.1) is 0 Å². The maximum atomic E-state index is 3.50. The van der Waals surface area contributed by atoms with Crippen molar-refractivity contribution in [1.82, 2.24) is 15.1 Å². The Balaban J connectivity index is 1.76. The standard InChI is InChI=1S/C15H31N3/c1-12-10-18(11-13(2)17(12)4)9-8-14-6-5-7-15(14)16-3/h12-16H,5-11H2,1-4H3. The first kappa shape index (κ1) is 14.3. The van der Waals surface area contributed by atoms with Crippen molar-refractivity contribution >= 4 is 0 Å². The van der Waals surface area contributed by atoms with E-state index >= 15 is 0 Å². The van der Waals surface area contributed by atoms with Crippen LogP contribution < -0.4 is 5.32 Å². The van der Waals surface area contributed by atoms with E-state index in [0.29, 0.717) is 12.1 Å². The zero-order valence-corrected chi connectivity index (χ0v) is 12.7. The average molecular weight is 253 g/mol. The zero-order chi connectivity index (χ0) is 13.1. The Labute approximate surface area is 113 Å². The number of likely N-dealkylation sites (N-methyl/N-ethyl adjacent to an activating group) is 1. The Morgan fingerprint density at radius 2 is 1.78 bits per heavy atom. The molecular weight excluding hydrogens is 222 g/mol. The van der Waals surface area contributed by atoms with Crippen molar-refractivity contribution in [1.29, 1.82) is 0 Å². The molecule has 2 rings (SSSR count). The molecule has 0 spiro atoms. The Hall–Kier alpha value is -0.120. The normalized spacial score (nSPS) is 39.3. The number of nitrogens with zero attached hydrogens (tertiary/aromatic N) is 2. The highest BCUT2D eigenvalue weighted by Gasteiger charge is 2.29. The molecule has 1 N–H and O–H groups in total. The summed E-state index contributed by atoms with van der Waals surface area (Å²) in [5.74, 6) is 0.917. The summed E-state index contributed by atoms with van der Waals surface area (Å²) >= 11 is 0. The van der Waals surface area contributed by atoms with Gasteiger partial charge in [-0.05, 0) is 59.7 Å². The van der Waals surface area contributed by atoms with Gasteiger partial charge in [-0.25, -0.2) is 0 Å². The summed E-state index contributed by atoms with van der Waals surface area (Å²) in [5, 5.41) is 3.50. The lowest BCUT2D eigenvalue weighted by atomic mass is 9.98. The van der Waals surface area contributed by atoms with E-state index < -0.39 is 0 Å². The molecule has 0 aromatic rings. The summed E-state index contributed by atoms with van der Waals surface area (Å²) in [6, 6.07) is 2.20. The predicted molar refractivity (Wildman–Crippen MR) is 77.9 cm³/mol. The summed E-state index contributed by atoms with van der Waals surface area (Å²) in [4.78, 5) is 5.20. The minimum Gasteiger partial charge on any atom is -0.317 e. The van der Waals surface area contributed by atoms with Crippen molar-refractivity contribution in [2.75, 3.05) is 33.7 Å². The lowest BCUT2D eigenvalue weighted by Gasteiger charge is -2.42. The molecule has 106 valence electrons. The molecule has 3 heteroatoms. The molecule has 0 bridgehead atoms. The highest BCUT2D eigenvalue weighted by atomic mass is 15.3. The van der Waals surface area contributed by atoms with Crippen molar-refractivity contribution in [3.8, 4) is 0 Å². The molecule has 0 radical (unpaired) electrons. The summed E-state index contributed by atoms with van der Waals surface area (Å²) in [6.45, 7) is 8.50. The minimum absolute atomic E-state index is 0.706. The molecule has 4 atom stereocenters. The molecular formula is C15H31N3. The van der Waals surface area contributed by atoms with Crippen LogP contribution in [0.4, 0.5) is 0 Å². The number of nitrogens with one attached hydrogen (secondary N) is 1. The van der Waals surface area contributed by atoms with E-state index in [4.69, 9.17) is 0 Å². The highest BCUT2D eigenvalue weighted by molar-refractivity contribution is 4.86. The van der Waals surface area contributed by atoms with E-state index in [9.17, 15) is 0 Å². The molecule has 3 nitrogen and oxygen atoms in total. The van der Waals surface area contributed by atoms with Crippen LogP contribution in [0.3, 0.4) is 0 Å². The molecule has 1 saturated carbocycles. The van der Waals surface area contributed by atoms with Gasteiger partial charge in [0.25, 0.3) is 0 Å². The lowest BCUT2D eigenvalue weighted by Crippen LogP contribution is -2.55. The van der Waals surface area contributed by atoms with E-state index in [1.807, 2.05) is 0 Å². The summed E-state index contributed by atoms with van der Waals surface area (Å²) < 4.78 is 0. The van der Waals surface area contributed by atoms with E-state index in [0.717, 1.165) is 12.0 Å². The van der Waals surface area contributed by atoms with Crippen molar-refractivity contribution in [2.24, 2.45) is 5.92 Å². The fraction of sp³-hybridized carbons (Fsp3) is 1.00. The highest BCUT2D eigenvalue weighted by Crippen LogP contribution is 2.28. The van der Waals surface area contributed by atoms with Crippen LogP contribution in [0, 0.1) is 5.92 Å². The van der Waals surface area contributed by atoms with Gasteiger partial charge in [-0.3, -0.25) is 4.90 Å². The molecule has 18 heavy (non-hydrogen) atoms. The van der Waals surface area contributed by atoms with Gasteiger partial charge in [-0.1, -0.05) is 6.42 Å². The van der Waals surface area contributed by atoms with Crippen molar-refractivity contribution in [3.05, 3.63) is 0 Å². The van der Waals surface area contributed by atoms with E-state index in [-0.39, 0.29) is 0 Å². The molecule has 0 aromatic carbocycles. The van der Waals surface area contributed by atoms with Gasteiger partial charge < -0.3 is 10.2 Å². The fourth-order valence-electron chi connectivity index (χ4n) is 3.81. The maximum absolute atomic E-state index is 3.50. The fourth-order valence-corrected chi connectivity index (χ4v) is 3.81. The van der Waals surface area contributed by atoms with Crippen LogP contribution in [-0.2, 0) is 0 Å². The van der Waals surface area contributed by atoms with Crippen LogP contribution in [0.25, 0.3) is 0 Å². The molecule has 2 aliphatic rings. The van der Waals surface area contributed by atoms with Crippen LogP contribution in [0.1, 0.15) is 39.5 Å². The maximum Gasteiger partial charge on any atom is 0.0195 e. The van der Waals surface area contributed by atoms with Gasteiger partial charge in [0.15, 0.2) is 0 Å². The van der Waals surface area contributed by atoms with Crippen molar-refractivity contribution in [2.45, 2.75) is 57.7 Å². The van der Waals surface area contributed by atoms with Crippen molar-refractivity contribution in [3.63, 3.8) is 0 Å². The van der Waals surface area contributed by atoms with E-state index in [1.54, 1.807) is 0 Å². The van der Waals surface area contributed by atoms with Gasteiger partial charge >= 0.3 is 0 Å². The Morgan fingerprint density at radius 1 is 1.11 bits per heavy atom. The van der Waals surface area contributed by atoms with Crippen LogP contribution >= 0.6 is 0 Å². The second-order valence-corrected chi connectivity index (χ2v) is 6.50. The molecule has 2 fully saturated rings. The number of piperazine rings is 1. The predicted octanol–water partition coefficient (Wildman–Crippen LogP) is 1.79. The van der Waals surface area contributed by atoms with Crippen LogP contribution in [-0.4, -0.2) is 61.7 Å². The van der Waals surface area contributed by atoms with Crippen LogP contribution in [0.2, 0.25) is 0 Å².